The molecule has 0 amide bonds. The predicted molar refractivity (Wildman–Crippen MR) is 152 cm³/mol. The molecule has 2 heterocycles. The summed E-state index contributed by atoms with van der Waals surface area (Å²) in [4.78, 5) is 11.2. The standard InChI is InChI=1S/C31H34N4O5/c1-35(2)15-14-31(36,22-11-13-27(38-4)33-19-22)28(23-8-7-9-26(37-3)29(23)39-5)24-17-21-16-20(18-32)10-12-25(21)34-30(24)40-6/h7-13,16-17,19,28,36H,14-15H2,1-6H3. The first-order valence-corrected chi connectivity index (χ1v) is 12.8. The van der Waals surface area contributed by atoms with Gasteiger partial charge in [-0.3, -0.25) is 0 Å². The molecule has 2 aromatic carbocycles. The molecule has 4 aromatic rings. The van der Waals surface area contributed by atoms with Crippen molar-refractivity contribution in [1.82, 2.24) is 14.9 Å². The Balaban J connectivity index is 2.10. The maximum atomic E-state index is 12.9. The van der Waals surface area contributed by atoms with Gasteiger partial charge in [0.25, 0.3) is 0 Å². The number of para-hydroxylation sites is 1. The number of nitriles is 1. The average molecular weight is 543 g/mol. The zero-order valence-corrected chi connectivity index (χ0v) is 23.6. The van der Waals surface area contributed by atoms with E-state index >= 15 is 0 Å². The normalized spacial score (nSPS) is 13.4. The van der Waals surface area contributed by atoms with Crippen LogP contribution in [0.15, 0.2) is 60.8 Å². The number of aliphatic hydroxyl groups is 1. The number of aromatic nitrogens is 2. The molecular weight excluding hydrogens is 508 g/mol. The van der Waals surface area contributed by atoms with Crippen molar-refractivity contribution in [2.75, 3.05) is 49.1 Å². The Morgan fingerprint density at radius 1 is 0.950 bits per heavy atom. The van der Waals surface area contributed by atoms with Crippen LogP contribution in [0.5, 0.6) is 23.3 Å². The van der Waals surface area contributed by atoms with Gasteiger partial charge in [-0.25, -0.2) is 9.97 Å². The van der Waals surface area contributed by atoms with Gasteiger partial charge in [-0.15, -0.1) is 0 Å². The van der Waals surface area contributed by atoms with Crippen LogP contribution in [0.1, 0.15) is 34.6 Å². The van der Waals surface area contributed by atoms with Gasteiger partial charge in [0, 0.05) is 40.9 Å². The number of benzene rings is 2. The molecule has 2 atom stereocenters. The average Bonchev–Trinajstić information content (AvgIpc) is 2.99. The minimum absolute atomic E-state index is 0.332. The van der Waals surface area contributed by atoms with Crippen molar-refractivity contribution in [3.05, 3.63) is 83.0 Å². The molecule has 4 rings (SSSR count). The Kier molecular flexibility index (Phi) is 8.73. The van der Waals surface area contributed by atoms with Crippen LogP contribution < -0.4 is 18.9 Å². The number of pyridine rings is 2. The lowest BCUT2D eigenvalue weighted by Crippen LogP contribution is -2.38. The lowest BCUT2D eigenvalue weighted by Gasteiger charge is -2.39. The van der Waals surface area contributed by atoms with Gasteiger partial charge in [0.05, 0.1) is 51.5 Å². The van der Waals surface area contributed by atoms with E-state index in [1.807, 2.05) is 49.3 Å². The summed E-state index contributed by atoms with van der Waals surface area (Å²) in [5.74, 6) is 1.03. The van der Waals surface area contributed by atoms with Crippen LogP contribution >= 0.6 is 0 Å². The molecule has 9 heteroatoms. The molecule has 0 saturated carbocycles. The van der Waals surface area contributed by atoms with Crippen LogP contribution in [0.25, 0.3) is 10.9 Å². The molecule has 208 valence electrons. The summed E-state index contributed by atoms with van der Waals surface area (Å²) in [6, 6.07) is 18.5. The summed E-state index contributed by atoms with van der Waals surface area (Å²) < 4.78 is 22.6. The van der Waals surface area contributed by atoms with Crippen LogP contribution in [0.3, 0.4) is 0 Å². The number of methoxy groups -OCH3 is 4. The Morgan fingerprint density at radius 2 is 1.75 bits per heavy atom. The summed E-state index contributed by atoms with van der Waals surface area (Å²) >= 11 is 0. The molecule has 40 heavy (non-hydrogen) atoms. The van der Waals surface area contributed by atoms with E-state index < -0.39 is 11.5 Å². The van der Waals surface area contributed by atoms with Gasteiger partial charge in [-0.2, -0.15) is 5.26 Å². The molecule has 9 nitrogen and oxygen atoms in total. The third-order valence-corrected chi connectivity index (χ3v) is 7.05. The molecule has 2 aromatic heterocycles. The summed E-state index contributed by atoms with van der Waals surface area (Å²) in [6.45, 7) is 0.563. The summed E-state index contributed by atoms with van der Waals surface area (Å²) in [5.41, 5.74) is 1.53. The molecule has 0 fully saturated rings. The van der Waals surface area contributed by atoms with Crippen molar-refractivity contribution in [2.45, 2.75) is 17.9 Å². The van der Waals surface area contributed by atoms with E-state index in [0.29, 0.717) is 64.0 Å². The number of rotatable bonds is 11. The maximum Gasteiger partial charge on any atom is 0.217 e. The van der Waals surface area contributed by atoms with Gasteiger partial charge in [0.2, 0.25) is 11.8 Å². The zero-order chi connectivity index (χ0) is 28.9. The third-order valence-electron chi connectivity index (χ3n) is 7.05. The van der Waals surface area contributed by atoms with E-state index in [4.69, 9.17) is 23.9 Å². The van der Waals surface area contributed by atoms with Crippen LogP contribution in [0.4, 0.5) is 0 Å². The van der Waals surface area contributed by atoms with Crippen molar-refractivity contribution in [3.63, 3.8) is 0 Å². The second kappa shape index (κ2) is 12.2. The van der Waals surface area contributed by atoms with Gasteiger partial charge in [-0.1, -0.05) is 12.1 Å². The van der Waals surface area contributed by atoms with Gasteiger partial charge < -0.3 is 29.0 Å². The SMILES string of the molecule is COc1ccc(C(O)(CCN(C)C)C(c2cc3cc(C#N)ccc3nc2OC)c2cccc(OC)c2OC)cn1. The second-order valence-corrected chi connectivity index (χ2v) is 9.69. The van der Waals surface area contributed by atoms with Gasteiger partial charge in [0.15, 0.2) is 11.5 Å². The van der Waals surface area contributed by atoms with Crippen molar-refractivity contribution >= 4 is 10.9 Å². The Bertz CT molecular complexity index is 1520. The first kappa shape index (κ1) is 28.6. The molecular formula is C31H34N4O5. The highest BCUT2D eigenvalue weighted by Crippen LogP contribution is 2.51. The fourth-order valence-electron chi connectivity index (χ4n) is 5.04. The van der Waals surface area contributed by atoms with Crippen LogP contribution in [-0.2, 0) is 5.60 Å². The lowest BCUT2D eigenvalue weighted by molar-refractivity contribution is 0.00280. The minimum Gasteiger partial charge on any atom is -0.493 e. The highest BCUT2D eigenvalue weighted by Gasteiger charge is 2.44. The smallest absolute Gasteiger partial charge is 0.217 e. The monoisotopic (exact) mass is 542 g/mol. The number of fused-ring (bicyclic) bond motifs is 1. The quantitative estimate of drug-likeness (QED) is 0.293. The molecule has 0 aliphatic carbocycles. The second-order valence-electron chi connectivity index (χ2n) is 9.69. The van der Waals surface area contributed by atoms with Gasteiger partial charge in [-0.05, 0) is 56.9 Å². The highest BCUT2D eigenvalue weighted by atomic mass is 16.5. The van der Waals surface area contributed by atoms with E-state index in [2.05, 4.69) is 11.1 Å². The van der Waals surface area contributed by atoms with Crippen LogP contribution in [-0.4, -0.2) is 69.1 Å². The van der Waals surface area contributed by atoms with Crippen molar-refractivity contribution in [1.29, 1.82) is 5.26 Å². The summed E-state index contributed by atoms with van der Waals surface area (Å²) in [6.07, 6.45) is 1.96. The topological polar surface area (TPSA) is 110 Å². The molecule has 0 radical (unpaired) electrons. The first-order chi connectivity index (χ1) is 19.3. The number of nitrogens with zero attached hydrogens (tertiary/aromatic N) is 4. The molecule has 0 aliphatic rings. The zero-order valence-electron chi connectivity index (χ0n) is 23.6. The van der Waals surface area contributed by atoms with Gasteiger partial charge in [0.1, 0.15) is 5.60 Å². The summed E-state index contributed by atoms with van der Waals surface area (Å²) in [7, 11) is 10.1. The van der Waals surface area contributed by atoms with E-state index in [0.717, 1.165) is 5.39 Å². The van der Waals surface area contributed by atoms with E-state index in [1.165, 1.54) is 0 Å². The molecule has 0 spiro atoms. The number of hydrogen-bond donors (Lipinski definition) is 1. The van der Waals surface area contributed by atoms with Crippen molar-refractivity contribution in [3.8, 4) is 29.3 Å². The molecule has 0 aliphatic heterocycles. The fourth-order valence-corrected chi connectivity index (χ4v) is 5.04. The maximum absolute atomic E-state index is 12.9. The molecule has 0 saturated heterocycles. The minimum atomic E-state index is -1.52. The van der Waals surface area contributed by atoms with E-state index in [1.54, 1.807) is 58.9 Å². The van der Waals surface area contributed by atoms with E-state index in [-0.39, 0.29) is 0 Å². The Labute approximate surface area is 234 Å². The fraction of sp³-hybridized carbons (Fsp3) is 0.323. The largest absolute Gasteiger partial charge is 0.493 e. The van der Waals surface area contributed by atoms with Crippen molar-refractivity contribution < 1.29 is 24.1 Å². The van der Waals surface area contributed by atoms with E-state index in [9.17, 15) is 10.4 Å². The Hall–Kier alpha value is -4.39. The van der Waals surface area contributed by atoms with Crippen molar-refractivity contribution in [2.24, 2.45) is 0 Å². The number of ether oxygens (including phenoxy) is 4. The van der Waals surface area contributed by atoms with Crippen LogP contribution in [0, 0.1) is 11.3 Å². The molecule has 1 N–H and O–H groups in total. The lowest BCUT2D eigenvalue weighted by atomic mass is 9.71. The Morgan fingerprint density at radius 3 is 2.35 bits per heavy atom. The molecule has 2 unspecified atom stereocenters. The first-order valence-electron chi connectivity index (χ1n) is 12.8. The predicted octanol–water partition coefficient (Wildman–Crippen LogP) is 4.51. The number of hydrogen-bond acceptors (Lipinski definition) is 9. The third kappa shape index (κ3) is 5.50. The summed E-state index contributed by atoms with van der Waals surface area (Å²) in [5, 5.41) is 23.2. The highest BCUT2D eigenvalue weighted by molar-refractivity contribution is 5.82. The van der Waals surface area contributed by atoms with Crippen LogP contribution in [0.2, 0.25) is 0 Å². The molecule has 0 bridgehead atoms. The van der Waals surface area contributed by atoms with Gasteiger partial charge >= 0.3 is 0 Å².